The van der Waals surface area contributed by atoms with Crippen molar-refractivity contribution in [2.45, 2.75) is 24.0 Å². The van der Waals surface area contributed by atoms with Crippen molar-refractivity contribution in [2.24, 2.45) is 0 Å². The van der Waals surface area contributed by atoms with Crippen LogP contribution in [0.15, 0.2) is 18.2 Å². The molecular formula is C12H15ClN2O2S. The lowest BCUT2D eigenvalue weighted by Gasteiger charge is -2.40. The van der Waals surface area contributed by atoms with Crippen molar-refractivity contribution < 1.29 is 4.92 Å². The topological polar surface area (TPSA) is 55.2 Å². The van der Waals surface area contributed by atoms with Gasteiger partial charge in [0.25, 0.3) is 5.69 Å². The SMILES string of the molecule is CSC1(CNc2ccc([N+](=O)[O-])cc2Cl)CCC1. The van der Waals surface area contributed by atoms with Crippen LogP contribution >= 0.6 is 23.4 Å². The summed E-state index contributed by atoms with van der Waals surface area (Å²) in [5, 5.41) is 14.3. The molecule has 0 heterocycles. The highest BCUT2D eigenvalue weighted by molar-refractivity contribution is 8.00. The van der Waals surface area contributed by atoms with Gasteiger partial charge >= 0.3 is 0 Å². The summed E-state index contributed by atoms with van der Waals surface area (Å²) in [6, 6.07) is 4.53. The molecule has 98 valence electrons. The van der Waals surface area contributed by atoms with Gasteiger partial charge in [-0.25, -0.2) is 0 Å². The zero-order valence-electron chi connectivity index (χ0n) is 10.1. The molecule has 0 radical (unpaired) electrons. The number of nitrogens with one attached hydrogen (secondary N) is 1. The van der Waals surface area contributed by atoms with E-state index in [1.54, 1.807) is 6.07 Å². The zero-order valence-corrected chi connectivity index (χ0v) is 11.7. The first-order valence-corrected chi connectivity index (χ1v) is 7.40. The molecule has 0 spiro atoms. The monoisotopic (exact) mass is 286 g/mol. The fourth-order valence-corrected chi connectivity index (χ4v) is 3.20. The molecule has 0 unspecified atom stereocenters. The van der Waals surface area contributed by atoms with Gasteiger partial charge in [0, 0.05) is 23.4 Å². The number of nitrogens with zero attached hydrogens (tertiary/aromatic N) is 1. The van der Waals surface area contributed by atoms with E-state index in [1.807, 2.05) is 11.8 Å². The molecule has 1 aliphatic rings. The molecule has 0 amide bonds. The third-order valence-electron chi connectivity index (χ3n) is 3.46. The van der Waals surface area contributed by atoms with E-state index in [-0.39, 0.29) is 5.69 Å². The summed E-state index contributed by atoms with van der Waals surface area (Å²) in [5.74, 6) is 0. The van der Waals surface area contributed by atoms with Crippen LogP contribution in [0.3, 0.4) is 0 Å². The van der Waals surface area contributed by atoms with Crippen LogP contribution in [0.2, 0.25) is 5.02 Å². The standard InChI is InChI=1S/C12H15ClN2O2S/c1-18-12(5-2-6-12)8-14-11-4-3-9(15(16)17)7-10(11)13/h3-4,7,14H,2,5-6,8H2,1H3. The van der Waals surface area contributed by atoms with E-state index in [4.69, 9.17) is 11.6 Å². The van der Waals surface area contributed by atoms with E-state index in [2.05, 4.69) is 11.6 Å². The number of hydrogen-bond donors (Lipinski definition) is 1. The molecule has 1 saturated carbocycles. The number of halogens is 1. The number of thioether (sulfide) groups is 1. The second-order valence-electron chi connectivity index (χ2n) is 4.52. The lowest BCUT2D eigenvalue weighted by molar-refractivity contribution is -0.384. The van der Waals surface area contributed by atoms with Crippen molar-refractivity contribution in [1.82, 2.24) is 0 Å². The summed E-state index contributed by atoms with van der Waals surface area (Å²) in [4.78, 5) is 10.2. The first-order chi connectivity index (χ1) is 8.56. The number of hydrogen-bond acceptors (Lipinski definition) is 4. The molecule has 1 fully saturated rings. The number of nitro benzene ring substituents is 1. The van der Waals surface area contributed by atoms with Crippen LogP contribution in [0.5, 0.6) is 0 Å². The predicted octanol–water partition coefficient (Wildman–Crippen LogP) is 3.95. The minimum absolute atomic E-state index is 0.0220. The molecule has 6 heteroatoms. The van der Waals surface area contributed by atoms with Gasteiger partial charge in [-0.2, -0.15) is 11.8 Å². The minimum Gasteiger partial charge on any atom is -0.382 e. The van der Waals surface area contributed by atoms with E-state index in [0.717, 1.165) is 12.2 Å². The summed E-state index contributed by atoms with van der Waals surface area (Å²) in [6.07, 6.45) is 5.83. The molecule has 1 aromatic carbocycles. The van der Waals surface area contributed by atoms with Crippen LogP contribution in [0.4, 0.5) is 11.4 Å². The van der Waals surface area contributed by atoms with E-state index in [9.17, 15) is 10.1 Å². The van der Waals surface area contributed by atoms with Crippen LogP contribution in [-0.4, -0.2) is 22.5 Å². The highest BCUT2D eigenvalue weighted by Crippen LogP contribution is 2.43. The molecule has 18 heavy (non-hydrogen) atoms. The maximum absolute atomic E-state index is 10.6. The number of non-ortho nitro benzene ring substituents is 1. The molecule has 0 bridgehead atoms. The molecule has 1 N–H and O–H groups in total. The van der Waals surface area contributed by atoms with Crippen LogP contribution in [0, 0.1) is 10.1 Å². The van der Waals surface area contributed by atoms with Gasteiger partial charge in [0.2, 0.25) is 0 Å². The highest BCUT2D eigenvalue weighted by Gasteiger charge is 2.35. The van der Waals surface area contributed by atoms with Gasteiger partial charge in [0.15, 0.2) is 0 Å². The Labute approximate surface area is 115 Å². The molecule has 0 aliphatic heterocycles. The molecule has 2 rings (SSSR count). The van der Waals surface area contributed by atoms with Crippen molar-refractivity contribution in [3.63, 3.8) is 0 Å². The maximum atomic E-state index is 10.6. The van der Waals surface area contributed by atoms with Gasteiger partial charge < -0.3 is 5.32 Å². The Morgan fingerprint density at radius 2 is 2.28 bits per heavy atom. The summed E-state index contributed by atoms with van der Waals surface area (Å²) < 4.78 is 0.311. The molecule has 0 aromatic heterocycles. The Morgan fingerprint density at radius 1 is 1.56 bits per heavy atom. The third-order valence-corrected chi connectivity index (χ3v) is 5.19. The Balaban J connectivity index is 2.03. The Kier molecular flexibility index (Phi) is 4.02. The number of rotatable bonds is 5. The number of nitro groups is 1. The van der Waals surface area contributed by atoms with Crippen molar-refractivity contribution in [2.75, 3.05) is 18.1 Å². The van der Waals surface area contributed by atoms with Gasteiger partial charge in [-0.05, 0) is 25.2 Å². The van der Waals surface area contributed by atoms with Crippen LogP contribution in [-0.2, 0) is 0 Å². The van der Waals surface area contributed by atoms with Crippen LogP contribution in [0.25, 0.3) is 0 Å². The Bertz CT molecular complexity index is 458. The van der Waals surface area contributed by atoms with Gasteiger partial charge in [0.1, 0.15) is 0 Å². The maximum Gasteiger partial charge on any atom is 0.271 e. The molecule has 4 nitrogen and oxygen atoms in total. The summed E-state index contributed by atoms with van der Waals surface area (Å²) in [5.41, 5.74) is 0.788. The quantitative estimate of drug-likeness (QED) is 0.658. The minimum atomic E-state index is -0.440. The molecule has 1 aliphatic carbocycles. The molecule has 0 saturated heterocycles. The second-order valence-corrected chi connectivity index (χ2v) is 6.20. The average Bonchev–Trinajstić information content (AvgIpc) is 2.29. The van der Waals surface area contributed by atoms with Gasteiger partial charge in [-0.3, -0.25) is 10.1 Å². The van der Waals surface area contributed by atoms with E-state index >= 15 is 0 Å². The average molecular weight is 287 g/mol. The summed E-state index contributed by atoms with van der Waals surface area (Å²) in [6.45, 7) is 0.853. The Hall–Kier alpha value is -0.940. The van der Waals surface area contributed by atoms with E-state index < -0.39 is 4.92 Å². The Morgan fingerprint density at radius 3 is 2.72 bits per heavy atom. The lowest BCUT2D eigenvalue weighted by Crippen LogP contribution is -2.40. The zero-order chi connectivity index (χ0) is 13.2. The first kappa shape index (κ1) is 13.5. The van der Waals surface area contributed by atoms with Crippen LogP contribution < -0.4 is 5.32 Å². The fourth-order valence-electron chi connectivity index (χ4n) is 2.04. The van der Waals surface area contributed by atoms with Crippen molar-refractivity contribution in [1.29, 1.82) is 0 Å². The predicted molar refractivity (Wildman–Crippen MR) is 76.7 cm³/mol. The number of benzene rings is 1. The normalized spacial score (nSPS) is 17.0. The highest BCUT2D eigenvalue weighted by atomic mass is 35.5. The van der Waals surface area contributed by atoms with Crippen LogP contribution in [0.1, 0.15) is 19.3 Å². The van der Waals surface area contributed by atoms with Crippen molar-refractivity contribution in [3.8, 4) is 0 Å². The van der Waals surface area contributed by atoms with E-state index in [0.29, 0.717) is 9.77 Å². The summed E-state index contributed by atoms with van der Waals surface area (Å²) >= 11 is 7.91. The second kappa shape index (κ2) is 5.36. The number of anilines is 1. The molecular weight excluding hydrogens is 272 g/mol. The third kappa shape index (κ3) is 2.72. The van der Waals surface area contributed by atoms with Gasteiger partial charge in [-0.15, -0.1) is 0 Å². The smallest absolute Gasteiger partial charge is 0.271 e. The first-order valence-electron chi connectivity index (χ1n) is 5.79. The van der Waals surface area contributed by atoms with Gasteiger partial charge in [0.05, 0.1) is 15.6 Å². The lowest BCUT2D eigenvalue weighted by atomic mass is 9.84. The van der Waals surface area contributed by atoms with Crippen molar-refractivity contribution >= 4 is 34.7 Å². The van der Waals surface area contributed by atoms with E-state index in [1.165, 1.54) is 31.4 Å². The fraction of sp³-hybridized carbons (Fsp3) is 0.500. The van der Waals surface area contributed by atoms with Crippen molar-refractivity contribution in [3.05, 3.63) is 33.3 Å². The molecule has 0 atom stereocenters. The molecule has 1 aromatic rings. The van der Waals surface area contributed by atoms with Gasteiger partial charge in [-0.1, -0.05) is 18.0 Å². The largest absolute Gasteiger partial charge is 0.382 e. The summed E-state index contributed by atoms with van der Waals surface area (Å²) in [7, 11) is 0.